The van der Waals surface area contributed by atoms with Gasteiger partial charge in [0.25, 0.3) is 5.91 Å². The second-order valence-corrected chi connectivity index (χ2v) is 7.48. The number of aliphatic imine (C=N–C) groups is 1. The van der Waals surface area contributed by atoms with Crippen LogP contribution in [-0.2, 0) is 6.42 Å². The minimum atomic E-state index is -0.0482. The normalized spacial score (nSPS) is 18.3. The minimum absolute atomic E-state index is 0. The van der Waals surface area contributed by atoms with Crippen molar-refractivity contribution >= 4 is 35.8 Å². The zero-order valence-corrected chi connectivity index (χ0v) is 19.4. The number of piperidine rings is 1. The molecule has 1 heterocycles. The molecule has 1 aromatic rings. The summed E-state index contributed by atoms with van der Waals surface area (Å²) in [5.41, 5.74) is 1.83. The van der Waals surface area contributed by atoms with Gasteiger partial charge in [0, 0.05) is 50.9 Å². The maximum Gasteiger partial charge on any atom is 0.251 e. The van der Waals surface area contributed by atoms with Crippen LogP contribution in [0.15, 0.2) is 29.3 Å². The van der Waals surface area contributed by atoms with Gasteiger partial charge in [-0.3, -0.25) is 9.79 Å². The molecule has 0 spiro atoms. The summed E-state index contributed by atoms with van der Waals surface area (Å²) in [4.78, 5) is 19.1. The summed E-state index contributed by atoms with van der Waals surface area (Å²) in [5, 5.41) is 9.64. The van der Waals surface area contributed by atoms with E-state index in [1.807, 2.05) is 18.2 Å². The number of halogens is 1. The van der Waals surface area contributed by atoms with Crippen molar-refractivity contribution in [2.75, 3.05) is 33.2 Å². The van der Waals surface area contributed by atoms with Crippen molar-refractivity contribution in [3.8, 4) is 0 Å². The van der Waals surface area contributed by atoms with Crippen LogP contribution in [0.5, 0.6) is 0 Å². The van der Waals surface area contributed by atoms with Crippen LogP contribution in [0.4, 0.5) is 0 Å². The van der Waals surface area contributed by atoms with Gasteiger partial charge < -0.3 is 20.9 Å². The van der Waals surface area contributed by atoms with Gasteiger partial charge in [0.05, 0.1) is 0 Å². The fraction of sp³-hybridized carbons (Fsp3) is 0.619. The largest absolute Gasteiger partial charge is 0.357 e. The predicted octanol–water partition coefficient (Wildman–Crippen LogP) is 2.39. The Morgan fingerprint density at radius 2 is 1.96 bits per heavy atom. The van der Waals surface area contributed by atoms with Gasteiger partial charge in [-0.15, -0.1) is 24.0 Å². The van der Waals surface area contributed by atoms with E-state index >= 15 is 0 Å². The van der Waals surface area contributed by atoms with Crippen molar-refractivity contribution in [1.82, 2.24) is 20.9 Å². The van der Waals surface area contributed by atoms with Crippen molar-refractivity contribution in [2.45, 2.75) is 51.1 Å². The second kappa shape index (κ2) is 11.6. The monoisotopic (exact) mass is 499 g/mol. The molecule has 1 saturated carbocycles. The molecule has 1 amide bonds. The Hall–Kier alpha value is -1.35. The summed E-state index contributed by atoms with van der Waals surface area (Å²) in [6.45, 7) is 6.06. The number of hydrogen-bond acceptors (Lipinski definition) is 3. The molecule has 2 aliphatic rings. The van der Waals surface area contributed by atoms with Gasteiger partial charge in [0.2, 0.25) is 0 Å². The molecule has 156 valence electrons. The Morgan fingerprint density at radius 1 is 1.21 bits per heavy atom. The number of rotatable bonds is 7. The first kappa shape index (κ1) is 22.9. The topological polar surface area (TPSA) is 68.8 Å². The van der Waals surface area contributed by atoms with E-state index in [2.05, 4.69) is 33.8 Å². The molecule has 1 aliphatic carbocycles. The second-order valence-electron chi connectivity index (χ2n) is 7.48. The van der Waals surface area contributed by atoms with Crippen LogP contribution < -0.4 is 16.0 Å². The lowest BCUT2D eigenvalue weighted by molar-refractivity contribution is 0.0963. The van der Waals surface area contributed by atoms with Gasteiger partial charge in [-0.05, 0) is 56.7 Å². The fourth-order valence-corrected chi connectivity index (χ4v) is 3.67. The lowest BCUT2D eigenvalue weighted by atomic mass is 10.1. The van der Waals surface area contributed by atoms with E-state index < -0.39 is 0 Å². The van der Waals surface area contributed by atoms with E-state index in [1.54, 1.807) is 7.05 Å². The number of carbonyl (C=O) groups excluding carboxylic acids is 1. The standard InChI is InChI=1S/C21H33N5O.HI/c1-3-23-21(25-18-10-13-26(14-11-18)19-7-8-19)24-12-9-16-5-4-6-17(15-16)20(27)22-2;/h4-6,15,18-19H,3,7-14H2,1-2H3,(H,22,27)(H2,23,24,25);1H. The average Bonchev–Trinajstić information content (AvgIpc) is 3.53. The molecule has 3 rings (SSSR count). The number of nitrogens with zero attached hydrogens (tertiary/aromatic N) is 2. The van der Waals surface area contributed by atoms with Gasteiger partial charge in [0.15, 0.2) is 5.96 Å². The molecule has 3 N–H and O–H groups in total. The lowest BCUT2D eigenvalue weighted by Gasteiger charge is -2.33. The summed E-state index contributed by atoms with van der Waals surface area (Å²) in [7, 11) is 1.66. The fourth-order valence-electron chi connectivity index (χ4n) is 3.67. The number of benzene rings is 1. The zero-order valence-electron chi connectivity index (χ0n) is 17.0. The summed E-state index contributed by atoms with van der Waals surface area (Å²) in [5.74, 6) is 0.859. The highest BCUT2D eigenvalue weighted by atomic mass is 127. The maximum absolute atomic E-state index is 11.8. The molecule has 0 atom stereocenters. The Bertz CT molecular complexity index is 654. The third kappa shape index (κ3) is 6.92. The summed E-state index contributed by atoms with van der Waals surface area (Å²) < 4.78 is 0. The van der Waals surface area contributed by atoms with Gasteiger partial charge in [-0.25, -0.2) is 0 Å². The van der Waals surface area contributed by atoms with E-state index in [1.165, 1.54) is 38.8 Å². The van der Waals surface area contributed by atoms with Crippen molar-refractivity contribution < 1.29 is 4.79 Å². The quantitative estimate of drug-likeness (QED) is 0.306. The third-order valence-electron chi connectivity index (χ3n) is 5.36. The first-order valence-electron chi connectivity index (χ1n) is 10.3. The van der Waals surface area contributed by atoms with Crippen LogP contribution >= 0.6 is 24.0 Å². The number of likely N-dealkylation sites (tertiary alicyclic amines) is 1. The highest BCUT2D eigenvalue weighted by molar-refractivity contribution is 14.0. The highest BCUT2D eigenvalue weighted by Crippen LogP contribution is 2.29. The molecule has 0 bridgehead atoms. The Balaban J connectivity index is 0.00000280. The number of carbonyl (C=O) groups is 1. The van der Waals surface area contributed by atoms with Crippen molar-refractivity contribution in [2.24, 2.45) is 4.99 Å². The first-order valence-corrected chi connectivity index (χ1v) is 10.3. The number of hydrogen-bond donors (Lipinski definition) is 3. The van der Waals surface area contributed by atoms with Gasteiger partial charge in [-0.1, -0.05) is 12.1 Å². The summed E-state index contributed by atoms with van der Waals surface area (Å²) in [6.07, 6.45) is 5.98. The van der Waals surface area contributed by atoms with Crippen LogP contribution in [0.3, 0.4) is 0 Å². The summed E-state index contributed by atoms with van der Waals surface area (Å²) >= 11 is 0. The van der Waals surface area contributed by atoms with Crippen LogP contribution in [0.1, 0.15) is 48.5 Å². The van der Waals surface area contributed by atoms with E-state index in [0.29, 0.717) is 18.2 Å². The highest BCUT2D eigenvalue weighted by Gasteiger charge is 2.31. The molecule has 0 radical (unpaired) electrons. The lowest BCUT2D eigenvalue weighted by Crippen LogP contribution is -2.49. The molecule has 1 aliphatic heterocycles. The molecule has 7 heteroatoms. The number of guanidine groups is 1. The zero-order chi connectivity index (χ0) is 19.1. The molecule has 6 nitrogen and oxygen atoms in total. The van der Waals surface area contributed by atoms with E-state index in [0.717, 1.165) is 30.5 Å². The molecule has 1 saturated heterocycles. The Morgan fingerprint density at radius 3 is 2.61 bits per heavy atom. The number of nitrogens with one attached hydrogen (secondary N) is 3. The Kier molecular flexibility index (Phi) is 9.50. The van der Waals surface area contributed by atoms with Crippen LogP contribution in [0.2, 0.25) is 0 Å². The molecule has 2 fully saturated rings. The molecule has 0 aromatic heterocycles. The van der Waals surface area contributed by atoms with Crippen LogP contribution in [0.25, 0.3) is 0 Å². The molecule has 28 heavy (non-hydrogen) atoms. The SMILES string of the molecule is CCNC(=NCCc1cccc(C(=O)NC)c1)NC1CCN(C2CC2)CC1.I. The van der Waals surface area contributed by atoms with Crippen molar-refractivity contribution in [3.63, 3.8) is 0 Å². The predicted molar refractivity (Wildman–Crippen MR) is 126 cm³/mol. The van der Waals surface area contributed by atoms with E-state index in [4.69, 9.17) is 4.99 Å². The summed E-state index contributed by atoms with van der Waals surface area (Å²) in [6, 6.07) is 9.15. The molecular formula is C21H34IN5O. The van der Waals surface area contributed by atoms with Crippen molar-refractivity contribution in [3.05, 3.63) is 35.4 Å². The van der Waals surface area contributed by atoms with Gasteiger partial charge >= 0.3 is 0 Å². The molecular weight excluding hydrogens is 465 g/mol. The number of amides is 1. The van der Waals surface area contributed by atoms with Gasteiger partial charge in [0.1, 0.15) is 0 Å². The van der Waals surface area contributed by atoms with E-state index in [9.17, 15) is 4.79 Å². The van der Waals surface area contributed by atoms with Crippen LogP contribution in [0, 0.1) is 0 Å². The minimum Gasteiger partial charge on any atom is -0.357 e. The Labute approximate surface area is 186 Å². The third-order valence-corrected chi connectivity index (χ3v) is 5.36. The smallest absolute Gasteiger partial charge is 0.251 e. The maximum atomic E-state index is 11.8. The molecule has 0 unspecified atom stereocenters. The van der Waals surface area contributed by atoms with Crippen molar-refractivity contribution in [1.29, 1.82) is 0 Å². The van der Waals surface area contributed by atoms with Crippen LogP contribution in [-0.4, -0.2) is 62.1 Å². The van der Waals surface area contributed by atoms with E-state index in [-0.39, 0.29) is 29.9 Å². The van der Waals surface area contributed by atoms with Gasteiger partial charge in [-0.2, -0.15) is 0 Å². The molecule has 1 aromatic carbocycles. The average molecular weight is 499 g/mol. The first-order chi connectivity index (χ1) is 13.2.